The third-order valence-corrected chi connectivity index (χ3v) is 3.02. The van der Waals surface area contributed by atoms with Gasteiger partial charge < -0.3 is 4.74 Å². The van der Waals surface area contributed by atoms with E-state index in [0.29, 0.717) is 5.56 Å². The number of aryl methyl sites for hydroxylation is 3. The van der Waals surface area contributed by atoms with Crippen LogP contribution in [-0.4, -0.2) is 18.9 Å². The van der Waals surface area contributed by atoms with E-state index in [1.807, 2.05) is 32.9 Å². The maximum atomic E-state index is 11.7. The van der Waals surface area contributed by atoms with Crippen LogP contribution in [0, 0.1) is 20.8 Å². The number of halogens is 1. The number of hydrogen-bond donors (Lipinski definition) is 0. The Morgan fingerprint density at radius 2 is 1.65 bits per heavy atom. The minimum absolute atomic E-state index is 0.688. The Kier molecular flexibility index (Phi) is 4.29. The first-order valence-electron chi connectivity index (χ1n) is 5.22. The molecule has 0 fully saturated rings. The summed E-state index contributed by atoms with van der Waals surface area (Å²) < 4.78 is 4.39. The number of ketones is 1. The van der Waals surface area contributed by atoms with Crippen LogP contribution in [-0.2, 0) is 14.3 Å². The van der Waals surface area contributed by atoms with Gasteiger partial charge in [-0.05, 0) is 37.5 Å². The molecule has 1 aromatic rings. The van der Waals surface area contributed by atoms with E-state index in [1.54, 1.807) is 0 Å². The Bertz CT molecular complexity index is 443. The number of carbonyl (C=O) groups is 2. The zero-order valence-corrected chi connectivity index (χ0v) is 11.1. The van der Waals surface area contributed by atoms with Crippen LogP contribution in [0.25, 0.3) is 0 Å². The lowest BCUT2D eigenvalue weighted by molar-refractivity contribution is -0.151. The molecule has 0 saturated carbocycles. The Morgan fingerprint density at radius 1 is 1.18 bits per heavy atom. The smallest absolute Gasteiger partial charge is 0.376 e. The maximum absolute atomic E-state index is 11.7. The highest BCUT2D eigenvalue weighted by atomic mass is 35.5. The van der Waals surface area contributed by atoms with E-state index in [9.17, 15) is 9.59 Å². The fraction of sp³-hybridized carbons (Fsp3) is 0.385. The number of carbonyl (C=O) groups excluding carboxylic acids is 2. The van der Waals surface area contributed by atoms with Gasteiger partial charge in [0.15, 0.2) is 0 Å². The van der Waals surface area contributed by atoms with Crippen molar-refractivity contribution in [2.24, 2.45) is 0 Å². The highest BCUT2D eigenvalue weighted by Gasteiger charge is 2.28. The topological polar surface area (TPSA) is 43.4 Å². The van der Waals surface area contributed by atoms with Gasteiger partial charge in [-0.2, -0.15) is 0 Å². The molecule has 0 aliphatic carbocycles. The summed E-state index contributed by atoms with van der Waals surface area (Å²) in [6.45, 7) is 5.71. The summed E-state index contributed by atoms with van der Waals surface area (Å²) in [5, 5.41) is -0.983. The first-order chi connectivity index (χ1) is 7.88. The maximum Gasteiger partial charge on any atom is 0.376 e. The van der Waals surface area contributed by atoms with Gasteiger partial charge in [0, 0.05) is 0 Å². The molecule has 1 aromatic carbocycles. The Morgan fingerprint density at radius 3 is 2.06 bits per heavy atom. The third-order valence-electron chi connectivity index (χ3n) is 2.61. The van der Waals surface area contributed by atoms with E-state index in [1.165, 1.54) is 7.11 Å². The number of alkyl halides is 1. The largest absolute Gasteiger partial charge is 0.463 e. The molecule has 0 aliphatic heterocycles. The number of benzene rings is 1. The van der Waals surface area contributed by atoms with E-state index in [-0.39, 0.29) is 0 Å². The minimum Gasteiger partial charge on any atom is -0.463 e. The molecule has 0 spiro atoms. The van der Waals surface area contributed by atoms with Crippen LogP contribution in [0.1, 0.15) is 27.6 Å². The van der Waals surface area contributed by atoms with Crippen LogP contribution >= 0.6 is 11.6 Å². The van der Waals surface area contributed by atoms with Gasteiger partial charge in [-0.1, -0.05) is 17.7 Å². The molecule has 0 amide bonds. The lowest BCUT2D eigenvalue weighted by Crippen LogP contribution is -2.21. The summed E-state index contributed by atoms with van der Waals surface area (Å²) in [5.41, 5.74) is 3.59. The highest BCUT2D eigenvalue weighted by molar-refractivity contribution is 6.47. The van der Waals surface area contributed by atoms with Gasteiger partial charge in [0.2, 0.25) is 0 Å². The number of hydrogen-bond acceptors (Lipinski definition) is 3. The fourth-order valence-corrected chi connectivity index (χ4v) is 2.36. The quantitative estimate of drug-likeness (QED) is 0.473. The van der Waals surface area contributed by atoms with Crippen molar-refractivity contribution >= 4 is 23.4 Å². The summed E-state index contributed by atoms with van der Waals surface area (Å²) in [4.78, 5) is 22.8. The molecule has 0 heterocycles. The van der Waals surface area contributed by atoms with Crippen LogP contribution in [0.3, 0.4) is 0 Å². The molecule has 3 nitrogen and oxygen atoms in total. The Balaban J connectivity index is 3.17. The number of methoxy groups -OCH3 is 1. The Hall–Kier alpha value is -1.35. The van der Waals surface area contributed by atoms with Crippen LogP contribution < -0.4 is 0 Å². The van der Waals surface area contributed by atoms with E-state index in [2.05, 4.69) is 4.74 Å². The normalized spacial score (nSPS) is 12.1. The average molecular weight is 255 g/mol. The van der Waals surface area contributed by atoms with Crippen LogP contribution in [0.4, 0.5) is 0 Å². The zero-order chi connectivity index (χ0) is 13.2. The average Bonchev–Trinajstić information content (AvgIpc) is 2.25. The molecule has 0 saturated heterocycles. The summed E-state index contributed by atoms with van der Waals surface area (Å²) in [5.74, 6) is -1.64. The second kappa shape index (κ2) is 5.32. The standard InChI is InChI=1S/C13H15ClO3/c1-7-5-8(2)10(9(3)6-7)11(14)12(15)13(16)17-4/h5-6,11H,1-4H3. The summed E-state index contributed by atoms with van der Waals surface area (Å²) in [7, 11) is 1.17. The van der Waals surface area contributed by atoms with Crippen molar-refractivity contribution < 1.29 is 14.3 Å². The van der Waals surface area contributed by atoms with Gasteiger partial charge in [-0.25, -0.2) is 4.79 Å². The lowest BCUT2D eigenvalue weighted by atomic mass is 9.95. The molecule has 0 N–H and O–H groups in total. The predicted octanol–water partition coefficient (Wildman–Crippen LogP) is 2.63. The highest BCUT2D eigenvalue weighted by Crippen LogP contribution is 2.29. The molecule has 0 radical (unpaired) electrons. The molecule has 17 heavy (non-hydrogen) atoms. The number of ether oxygens (including phenoxy) is 1. The van der Waals surface area contributed by atoms with E-state index < -0.39 is 17.1 Å². The van der Waals surface area contributed by atoms with Crippen LogP contribution in [0.2, 0.25) is 0 Å². The van der Waals surface area contributed by atoms with Crippen molar-refractivity contribution in [1.29, 1.82) is 0 Å². The van der Waals surface area contributed by atoms with Gasteiger partial charge >= 0.3 is 5.97 Å². The van der Waals surface area contributed by atoms with E-state index in [4.69, 9.17) is 11.6 Å². The lowest BCUT2D eigenvalue weighted by Gasteiger charge is -2.14. The van der Waals surface area contributed by atoms with Gasteiger partial charge in [0.1, 0.15) is 5.38 Å². The van der Waals surface area contributed by atoms with Crippen molar-refractivity contribution in [3.8, 4) is 0 Å². The number of rotatable bonds is 3. The molecule has 0 bridgehead atoms. The molecule has 1 unspecified atom stereocenters. The van der Waals surface area contributed by atoms with Crippen LogP contribution in [0.15, 0.2) is 12.1 Å². The monoisotopic (exact) mass is 254 g/mol. The molecule has 4 heteroatoms. The van der Waals surface area contributed by atoms with Crippen molar-refractivity contribution in [2.45, 2.75) is 26.1 Å². The first kappa shape index (κ1) is 13.7. The van der Waals surface area contributed by atoms with E-state index in [0.717, 1.165) is 16.7 Å². The predicted molar refractivity (Wildman–Crippen MR) is 66.3 cm³/mol. The molecule has 92 valence electrons. The SMILES string of the molecule is COC(=O)C(=O)C(Cl)c1c(C)cc(C)cc1C. The van der Waals surface area contributed by atoms with E-state index >= 15 is 0 Å². The van der Waals surface area contributed by atoms with Crippen molar-refractivity contribution in [1.82, 2.24) is 0 Å². The van der Waals surface area contributed by atoms with Gasteiger partial charge in [-0.15, -0.1) is 11.6 Å². The minimum atomic E-state index is -0.983. The second-order valence-corrected chi connectivity index (χ2v) is 4.47. The second-order valence-electron chi connectivity index (χ2n) is 4.03. The van der Waals surface area contributed by atoms with Gasteiger partial charge in [0.25, 0.3) is 5.78 Å². The van der Waals surface area contributed by atoms with Crippen molar-refractivity contribution in [3.63, 3.8) is 0 Å². The molecule has 1 atom stereocenters. The van der Waals surface area contributed by atoms with Gasteiger partial charge in [0.05, 0.1) is 7.11 Å². The van der Waals surface area contributed by atoms with Crippen molar-refractivity contribution in [2.75, 3.05) is 7.11 Å². The van der Waals surface area contributed by atoms with Crippen LogP contribution in [0.5, 0.6) is 0 Å². The summed E-state index contributed by atoms with van der Waals surface area (Å²) in [6, 6.07) is 3.87. The summed E-state index contributed by atoms with van der Waals surface area (Å²) in [6.07, 6.45) is 0. The zero-order valence-electron chi connectivity index (χ0n) is 10.3. The molecular weight excluding hydrogens is 240 g/mol. The molecule has 1 rings (SSSR count). The Labute approximate surface area is 106 Å². The summed E-state index contributed by atoms with van der Waals surface area (Å²) >= 11 is 6.04. The fourth-order valence-electron chi connectivity index (χ4n) is 1.93. The van der Waals surface area contributed by atoms with Gasteiger partial charge in [-0.3, -0.25) is 4.79 Å². The molecule has 0 aliphatic rings. The first-order valence-corrected chi connectivity index (χ1v) is 5.66. The molecular formula is C13H15ClO3. The van der Waals surface area contributed by atoms with Crippen molar-refractivity contribution in [3.05, 3.63) is 34.4 Å². The number of esters is 1. The third kappa shape index (κ3) is 2.86. The number of Topliss-reactive ketones (excluding diaryl/α,β-unsaturated/α-hetero) is 1. The molecule has 0 aromatic heterocycles.